The summed E-state index contributed by atoms with van der Waals surface area (Å²) < 4.78 is 14.7. The van der Waals surface area contributed by atoms with Crippen LogP contribution >= 0.6 is 11.8 Å². The molecule has 7 heteroatoms. The maximum Gasteiger partial charge on any atom is 0.228 e. The predicted octanol–water partition coefficient (Wildman–Crippen LogP) is 2.65. The van der Waals surface area contributed by atoms with Crippen molar-refractivity contribution in [3.05, 3.63) is 36.2 Å². The van der Waals surface area contributed by atoms with Crippen molar-refractivity contribution in [2.75, 3.05) is 17.3 Å². The molecule has 0 aliphatic carbocycles. The molecule has 2 aromatic rings. The van der Waals surface area contributed by atoms with Crippen LogP contribution in [-0.4, -0.2) is 32.7 Å². The first kappa shape index (κ1) is 15.5. The molecule has 0 spiro atoms. The first-order chi connectivity index (χ1) is 10.0. The Balaban J connectivity index is 2.18. The lowest BCUT2D eigenvalue weighted by Crippen LogP contribution is -2.22. The highest BCUT2D eigenvalue weighted by Crippen LogP contribution is 2.18. The van der Waals surface area contributed by atoms with Crippen LogP contribution in [-0.2, 0) is 4.79 Å². The smallest absolute Gasteiger partial charge is 0.228 e. The second-order valence-corrected chi connectivity index (χ2v) is 5.69. The maximum absolute atomic E-state index is 13.2. The van der Waals surface area contributed by atoms with Crippen LogP contribution in [0.25, 0.3) is 5.69 Å². The Labute approximate surface area is 127 Å². The van der Waals surface area contributed by atoms with Gasteiger partial charge in [-0.1, -0.05) is 6.92 Å². The Kier molecular flexibility index (Phi) is 4.95. The number of pyridine rings is 1. The van der Waals surface area contributed by atoms with Gasteiger partial charge < -0.3 is 5.32 Å². The zero-order valence-electron chi connectivity index (χ0n) is 12.1. The summed E-state index contributed by atoms with van der Waals surface area (Å²) in [5.74, 6) is 0.190. The van der Waals surface area contributed by atoms with E-state index < -0.39 is 5.82 Å². The molecule has 2 rings (SSSR count). The van der Waals surface area contributed by atoms with Crippen molar-refractivity contribution in [1.29, 1.82) is 0 Å². The molecular weight excluding hydrogens is 291 g/mol. The normalized spacial score (nSPS) is 12.2. The van der Waals surface area contributed by atoms with Crippen molar-refractivity contribution in [3.8, 4) is 5.69 Å². The third-order valence-electron chi connectivity index (χ3n) is 2.98. The molecule has 0 saturated heterocycles. The Morgan fingerprint density at radius 2 is 2.29 bits per heavy atom. The van der Waals surface area contributed by atoms with Crippen molar-refractivity contribution in [2.45, 2.75) is 13.8 Å². The van der Waals surface area contributed by atoms with Crippen LogP contribution in [0.1, 0.15) is 12.6 Å². The minimum absolute atomic E-state index is 0.0515. The van der Waals surface area contributed by atoms with Gasteiger partial charge in [0.2, 0.25) is 5.91 Å². The van der Waals surface area contributed by atoms with Gasteiger partial charge >= 0.3 is 0 Å². The number of anilines is 1. The standard InChI is InChI=1S/C14H17FN4OS/c1-9(8-21-3)14(20)17-13-7-19(18-10(13)2)12-4-11(15)5-16-6-12/h4-7,9H,8H2,1-3H3,(H,17,20). The van der Waals surface area contributed by atoms with E-state index in [9.17, 15) is 9.18 Å². The lowest BCUT2D eigenvalue weighted by Gasteiger charge is -2.09. The summed E-state index contributed by atoms with van der Waals surface area (Å²) in [6, 6.07) is 1.33. The minimum atomic E-state index is -0.431. The summed E-state index contributed by atoms with van der Waals surface area (Å²) in [4.78, 5) is 15.8. The van der Waals surface area contributed by atoms with Crippen LogP contribution in [0.3, 0.4) is 0 Å². The van der Waals surface area contributed by atoms with Gasteiger partial charge in [-0.3, -0.25) is 9.78 Å². The topological polar surface area (TPSA) is 59.8 Å². The van der Waals surface area contributed by atoms with Gasteiger partial charge in [0.05, 0.1) is 35.7 Å². The van der Waals surface area contributed by atoms with Crippen LogP contribution in [0, 0.1) is 18.7 Å². The number of amides is 1. The van der Waals surface area contributed by atoms with Gasteiger partial charge in [-0.2, -0.15) is 16.9 Å². The minimum Gasteiger partial charge on any atom is -0.323 e. The largest absolute Gasteiger partial charge is 0.323 e. The highest BCUT2D eigenvalue weighted by Gasteiger charge is 2.15. The molecule has 0 saturated carbocycles. The average molecular weight is 308 g/mol. The van der Waals surface area contributed by atoms with Crippen LogP contribution in [0.2, 0.25) is 0 Å². The molecule has 1 N–H and O–H groups in total. The Bertz CT molecular complexity index is 644. The Hall–Kier alpha value is -1.89. The SMILES string of the molecule is CSCC(C)C(=O)Nc1cn(-c2cncc(F)c2)nc1C. The van der Waals surface area contributed by atoms with Gasteiger partial charge in [0.15, 0.2) is 0 Å². The van der Waals surface area contributed by atoms with E-state index in [0.29, 0.717) is 17.1 Å². The first-order valence-electron chi connectivity index (χ1n) is 6.48. The fourth-order valence-electron chi connectivity index (χ4n) is 1.82. The number of hydrogen-bond acceptors (Lipinski definition) is 4. The molecule has 0 aliphatic heterocycles. The van der Waals surface area contributed by atoms with Crippen LogP contribution in [0.5, 0.6) is 0 Å². The number of thioether (sulfide) groups is 1. The third kappa shape index (κ3) is 3.81. The quantitative estimate of drug-likeness (QED) is 0.922. The number of carbonyl (C=O) groups is 1. The summed E-state index contributed by atoms with van der Waals surface area (Å²) in [6.45, 7) is 3.67. The third-order valence-corrected chi connectivity index (χ3v) is 3.81. The number of carbonyl (C=O) groups excluding carboxylic acids is 1. The lowest BCUT2D eigenvalue weighted by atomic mass is 10.2. The summed E-state index contributed by atoms with van der Waals surface area (Å²) in [6.07, 6.45) is 6.27. The molecule has 1 atom stereocenters. The van der Waals surface area contributed by atoms with Gasteiger partial charge in [-0.05, 0) is 13.2 Å². The number of aromatic nitrogens is 3. The zero-order valence-corrected chi connectivity index (χ0v) is 12.9. The van der Waals surface area contributed by atoms with Gasteiger partial charge in [-0.15, -0.1) is 0 Å². The monoisotopic (exact) mass is 308 g/mol. The average Bonchev–Trinajstić information content (AvgIpc) is 2.80. The molecular formula is C14H17FN4OS. The van der Waals surface area contributed by atoms with Crippen molar-refractivity contribution < 1.29 is 9.18 Å². The van der Waals surface area contributed by atoms with Crippen molar-refractivity contribution in [3.63, 3.8) is 0 Å². The van der Waals surface area contributed by atoms with Gasteiger partial charge in [-0.25, -0.2) is 9.07 Å². The van der Waals surface area contributed by atoms with E-state index in [2.05, 4.69) is 15.4 Å². The van der Waals surface area contributed by atoms with Gasteiger partial charge in [0, 0.05) is 17.7 Å². The van der Waals surface area contributed by atoms with E-state index >= 15 is 0 Å². The fourth-order valence-corrected chi connectivity index (χ4v) is 2.47. The van der Waals surface area contributed by atoms with Crippen molar-refractivity contribution in [1.82, 2.24) is 14.8 Å². The number of hydrogen-bond donors (Lipinski definition) is 1. The molecule has 0 fully saturated rings. The number of aryl methyl sites for hydroxylation is 1. The Morgan fingerprint density at radius 1 is 1.52 bits per heavy atom. The molecule has 21 heavy (non-hydrogen) atoms. The van der Waals surface area contributed by atoms with Crippen molar-refractivity contribution >= 4 is 23.4 Å². The number of nitrogens with one attached hydrogen (secondary N) is 1. The second kappa shape index (κ2) is 6.71. The first-order valence-corrected chi connectivity index (χ1v) is 7.87. The second-order valence-electron chi connectivity index (χ2n) is 4.78. The molecule has 2 heterocycles. The molecule has 2 aromatic heterocycles. The molecule has 1 amide bonds. The summed E-state index contributed by atoms with van der Waals surface area (Å²) in [5.41, 5.74) is 1.80. The van der Waals surface area contributed by atoms with Gasteiger partial charge in [0.25, 0.3) is 0 Å². The van der Waals surface area contributed by atoms with Gasteiger partial charge in [0.1, 0.15) is 5.82 Å². The van der Waals surface area contributed by atoms with E-state index in [1.807, 2.05) is 13.2 Å². The van der Waals surface area contributed by atoms with Crippen molar-refractivity contribution in [2.24, 2.45) is 5.92 Å². The summed E-state index contributed by atoms with van der Waals surface area (Å²) >= 11 is 1.62. The molecule has 0 radical (unpaired) electrons. The summed E-state index contributed by atoms with van der Waals surface area (Å²) in [7, 11) is 0. The number of rotatable bonds is 5. The van der Waals surface area contributed by atoms with Crippen LogP contribution < -0.4 is 5.32 Å². The molecule has 112 valence electrons. The number of nitrogens with zero attached hydrogens (tertiary/aromatic N) is 3. The molecule has 5 nitrogen and oxygen atoms in total. The summed E-state index contributed by atoms with van der Waals surface area (Å²) in [5, 5.41) is 7.12. The van der Waals surface area contributed by atoms with E-state index in [1.165, 1.54) is 16.9 Å². The van der Waals surface area contributed by atoms with E-state index in [4.69, 9.17) is 0 Å². The van der Waals surface area contributed by atoms with E-state index in [0.717, 1.165) is 11.9 Å². The molecule has 1 unspecified atom stereocenters. The van der Waals surface area contributed by atoms with E-state index in [1.54, 1.807) is 24.9 Å². The predicted molar refractivity (Wildman–Crippen MR) is 82.2 cm³/mol. The lowest BCUT2D eigenvalue weighted by molar-refractivity contribution is -0.118. The van der Waals surface area contributed by atoms with E-state index in [-0.39, 0.29) is 11.8 Å². The Morgan fingerprint density at radius 3 is 2.95 bits per heavy atom. The molecule has 0 bridgehead atoms. The maximum atomic E-state index is 13.2. The zero-order chi connectivity index (χ0) is 15.4. The molecule has 0 aliphatic rings. The number of halogens is 1. The van der Waals surface area contributed by atoms with Crippen LogP contribution in [0.4, 0.5) is 10.1 Å². The van der Waals surface area contributed by atoms with Crippen LogP contribution in [0.15, 0.2) is 24.7 Å². The fraction of sp³-hybridized carbons (Fsp3) is 0.357. The highest BCUT2D eigenvalue weighted by atomic mass is 32.2. The highest BCUT2D eigenvalue weighted by molar-refractivity contribution is 7.98. The molecule has 0 aromatic carbocycles.